The van der Waals surface area contributed by atoms with E-state index in [1.54, 1.807) is 11.3 Å². The van der Waals surface area contributed by atoms with Crippen LogP contribution in [0, 0.1) is 12.8 Å². The molecule has 0 fully saturated rings. The van der Waals surface area contributed by atoms with Crippen LogP contribution in [-0.2, 0) is 4.79 Å². The number of benzene rings is 2. The van der Waals surface area contributed by atoms with E-state index in [0.29, 0.717) is 24.6 Å². The Bertz CT molecular complexity index is 1110. The molecule has 1 aliphatic rings. The number of para-hydroxylation sites is 1. The van der Waals surface area contributed by atoms with E-state index in [4.69, 9.17) is 0 Å². The van der Waals surface area contributed by atoms with Crippen LogP contribution < -0.4 is 4.90 Å². The molecule has 0 saturated carbocycles. The van der Waals surface area contributed by atoms with Crippen molar-refractivity contribution in [2.45, 2.75) is 39.7 Å². The summed E-state index contributed by atoms with van der Waals surface area (Å²) in [6.45, 7) is 9.44. The maximum atomic E-state index is 14.3. The van der Waals surface area contributed by atoms with E-state index in [2.05, 4.69) is 13.8 Å². The Morgan fingerprint density at radius 1 is 1.06 bits per heavy atom. The van der Waals surface area contributed by atoms with Crippen LogP contribution in [0.3, 0.4) is 0 Å². The van der Waals surface area contributed by atoms with Crippen LogP contribution in [0.15, 0.2) is 66.0 Å². The summed E-state index contributed by atoms with van der Waals surface area (Å²) in [6.07, 6.45) is 0. The highest BCUT2D eigenvalue weighted by Crippen LogP contribution is 2.45. The van der Waals surface area contributed by atoms with Crippen molar-refractivity contribution < 1.29 is 9.59 Å². The quantitative estimate of drug-likeness (QED) is 0.463. The zero-order valence-corrected chi connectivity index (χ0v) is 19.9. The summed E-state index contributed by atoms with van der Waals surface area (Å²) in [4.78, 5) is 32.7. The van der Waals surface area contributed by atoms with Crippen LogP contribution in [0.5, 0.6) is 0 Å². The molecule has 0 saturated heterocycles. The second-order valence-electron chi connectivity index (χ2n) is 8.75. The number of likely N-dealkylation sites (N-methyl/N-ethyl adjacent to an activating group) is 1. The van der Waals surface area contributed by atoms with Gasteiger partial charge in [0.2, 0.25) is 5.91 Å². The van der Waals surface area contributed by atoms with Gasteiger partial charge in [-0.25, -0.2) is 0 Å². The van der Waals surface area contributed by atoms with Crippen molar-refractivity contribution in [2.24, 2.45) is 5.92 Å². The maximum absolute atomic E-state index is 14.3. The normalized spacial score (nSPS) is 18.0. The number of hydrogen-bond donors (Lipinski definition) is 0. The molecule has 2 aromatic carbocycles. The predicted octanol–water partition coefficient (Wildman–Crippen LogP) is 6.05. The van der Waals surface area contributed by atoms with Crippen LogP contribution in [0.1, 0.15) is 59.1 Å². The van der Waals surface area contributed by atoms with Crippen LogP contribution >= 0.6 is 11.3 Å². The summed E-state index contributed by atoms with van der Waals surface area (Å²) < 4.78 is 0. The van der Waals surface area contributed by atoms with Gasteiger partial charge in [0.25, 0.3) is 5.91 Å². The first-order valence-corrected chi connectivity index (χ1v) is 12.1. The number of aryl methyl sites for hydroxylation is 1. The van der Waals surface area contributed by atoms with Gasteiger partial charge in [-0.05, 0) is 54.5 Å². The van der Waals surface area contributed by atoms with E-state index >= 15 is 0 Å². The van der Waals surface area contributed by atoms with E-state index in [9.17, 15) is 9.59 Å². The number of nitrogens with zero attached hydrogens (tertiary/aromatic N) is 2. The van der Waals surface area contributed by atoms with Gasteiger partial charge in [0.1, 0.15) is 0 Å². The molecule has 2 atom stereocenters. The van der Waals surface area contributed by atoms with Crippen molar-refractivity contribution >= 4 is 28.8 Å². The topological polar surface area (TPSA) is 40.6 Å². The number of rotatable bonds is 6. The van der Waals surface area contributed by atoms with Crippen LogP contribution in [0.2, 0.25) is 0 Å². The lowest BCUT2D eigenvalue weighted by atomic mass is 9.80. The summed E-state index contributed by atoms with van der Waals surface area (Å²) in [5, 5.41) is 2.02. The molecule has 166 valence electrons. The molecule has 2 heterocycles. The Kier molecular flexibility index (Phi) is 6.47. The number of carbonyl (C=O) groups excluding carboxylic acids is 2. The van der Waals surface area contributed by atoms with E-state index < -0.39 is 5.92 Å². The molecule has 0 spiro atoms. The first-order chi connectivity index (χ1) is 15.4. The van der Waals surface area contributed by atoms with E-state index in [1.807, 2.05) is 89.7 Å². The average molecular weight is 447 g/mol. The Hall–Kier alpha value is -2.92. The van der Waals surface area contributed by atoms with Crippen molar-refractivity contribution in [1.29, 1.82) is 0 Å². The molecule has 4 nitrogen and oxygen atoms in total. The lowest BCUT2D eigenvalue weighted by Crippen LogP contribution is -2.49. The van der Waals surface area contributed by atoms with Crippen molar-refractivity contribution in [2.75, 3.05) is 18.0 Å². The Morgan fingerprint density at radius 2 is 1.78 bits per heavy atom. The standard InChI is InChI=1S/C27H30N2O2S/c1-5-28(22-14-9-6-11-19(22)4)27(31)24-20-12-7-8-13-21(20)26(30)29(17-18(2)3)25(24)23-15-10-16-32-23/h6-16,18,24-25H,5,17H2,1-4H3/t24-,25+/m0/s1. The van der Waals surface area contributed by atoms with Gasteiger partial charge in [-0.2, -0.15) is 0 Å². The van der Waals surface area contributed by atoms with E-state index in [-0.39, 0.29) is 17.9 Å². The minimum absolute atomic E-state index is 0.00990. The zero-order chi connectivity index (χ0) is 22.8. The molecule has 0 bridgehead atoms. The Balaban J connectivity index is 1.89. The highest BCUT2D eigenvalue weighted by atomic mass is 32.1. The summed E-state index contributed by atoms with van der Waals surface area (Å²) in [5.41, 5.74) is 3.46. The second-order valence-corrected chi connectivity index (χ2v) is 9.72. The molecule has 0 N–H and O–H groups in total. The van der Waals surface area contributed by atoms with Gasteiger partial charge >= 0.3 is 0 Å². The molecule has 0 unspecified atom stereocenters. The third kappa shape index (κ3) is 3.97. The van der Waals surface area contributed by atoms with Crippen molar-refractivity contribution in [3.05, 3.63) is 87.6 Å². The third-order valence-corrected chi connectivity index (χ3v) is 7.03. The van der Waals surface area contributed by atoms with Crippen LogP contribution in [-0.4, -0.2) is 29.8 Å². The molecule has 0 aliphatic carbocycles. The summed E-state index contributed by atoms with van der Waals surface area (Å²) in [6, 6.07) is 19.4. The Morgan fingerprint density at radius 3 is 2.44 bits per heavy atom. The second kappa shape index (κ2) is 9.29. The lowest BCUT2D eigenvalue weighted by Gasteiger charge is -2.43. The predicted molar refractivity (Wildman–Crippen MR) is 131 cm³/mol. The fourth-order valence-electron chi connectivity index (χ4n) is 4.71. The Labute approximate surface area is 194 Å². The first kappa shape index (κ1) is 22.3. The number of amides is 2. The minimum atomic E-state index is -0.458. The van der Waals surface area contributed by atoms with Crippen LogP contribution in [0.25, 0.3) is 0 Å². The molecule has 1 aliphatic heterocycles. The summed E-state index contributed by atoms with van der Waals surface area (Å²) in [7, 11) is 0. The fourth-order valence-corrected chi connectivity index (χ4v) is 5.58. The fraction of sp³-hybridized carbons (Fsp3) is 0.333. The molecule has 3 aromatic rings. The molecular formula is C27H30N2O2S. The molecule has 2 amide bonds. The van der Waals surface area contributed by atoms with Gasteiger partial charge in [0, 0.05) is 29.2 Å². The minimum Gasteiger partial charge on any atom is -0.329 e. The molecule has 0 radical (unpaired) electrons. The lowest BCUT2D eigenvalue weighted by molar-refractivity contribution is -0.121. The van der Waals surface area contributed by atoms with Crippen LogP contribution in [0.4, 0.5) is 5.69 Å². The highest BCUT2D eigenvalue weighted by Gasteiger charge is 2.46. The van der Waals surface area contributed by atoms with Crippen molar-refractivity contribution in [3.8, 4) is 0 Å². The number of thiophene rings is 1. The molecule has 32 heavy (non-hydrogen) atoms. The molecule has 1 aromatic heterocycles. The summed E-state index contributed by atoms with van der Waals surface area (Å²) in [5.74, 6) is -0.119. The number of hydrogen-bond acceptors (Lipinski definition) is 3. The van der Waals surface area contributed by atoms with Gasteiger partial charge in [-0.1, -0.05) is 56.3 Å². The van der Waals surface area contributed by atoms with Crippen molar-refractivity contribution in [1.82, 2.24) is 4.90 Å². The molecular weight excluding hydrogens is 416 g/mol. The number of fused-ring (bicyclic) bond motifs is 1. The highest BCUT2D eigenvalue weighted by molar-refractivity contribution is 7.10. The van der Waals surface area contributed by atoms with E-state index in [1.165, 1.54) is 0 Å². The molecule has 5 heteroatoms. The zero-order valence-electron chi connectivity index (χ0n) is 19.1. The van der Waals surface area contributed by atoms with Gasteiger partial charge < -0.3 is 9.80 Å². The molecule has 4 rings (SSSR count). The smallest absolute Gasteiger partial charge is 0.254 e. The maximum Gasteiger partial charge on any atom is 0.254 e. The first-order valence-electron chi connectivity index (χ1n) is 11.2. The van der Waals surface area contributed by atoms with Gasteiger partial charge in [0.15, 0.2) is 0 Å². The third-order valence-electron chi connectivity index (χ3n) is 6.09. The number of carbonyl (C=O) groups is 2. The van der Waals surface area contributed by atoms with Gasteiger partial charge in [-0.15, -0.1) is 11.3 Å². The van der Waals surface area contributed by atoms with E-state index in [0.717, 1.165) is 21.7 Å². The SMILES string of the molecule is CCN(C(=O)[C@H]1c2ccccc2C(=O)N(CC(C)C)[C@@H]1c1cccs1)c1ccccc1C. The van der Waals surface area contributed by atoms with Gasteiger partial charge in [-0.3, -0.25) is 9.59 Å². The largest absolute Gasteiger partial charge is 0.329 e. The average Bonchev–Trinajstić information content (AvgIpc) is 3.31. The summed E-state index contributed by atoms with van der Waals surface area (Å²) >= 11 is 1.61. The monoisotopic (exact) mass is 446 g/mol. The van der Waals surface area contributed by atoms with Gasteiger partial charge in [0.05, 0.1) is 12.0 Å². The van der Waals surface area contributed by atoms with Crippen molar-refractivity contribution in [3.63, 3.8) is 0 Å². The number of anilines is 1.